The average Bonchev–Trinajstić information content (AvgIpc) is 2.42. The van der Waals surface area contributed by atoms with E-state index in [0.717, 1.165) is 6.54 Å². The minimum Gasteiger partial charge on any atom is -0.329 e. The second kappa shape index (κ2) is 8.23. The highest BCUT2D eigenvalue weighted by Gasteiger charge is 2.40. The predicted octanol–water partition coefficient (Wildman–Crippen LogP) is 2.70. The molecule has 0 radical (unpaired) electrons. The normalized spacial score (nSPS) is 29.1. The Morgan fingerprint density at radius 2 is 1.79 bits per heavy atom. The summed E-state index contributed by atoms with van der Waals surface area (Å²) in [5.74, 6) is 0. The smallest absolute Gasteiger partial charge is 0.0358 e. The van der Waals surface area contributed by atoms with E-state index >= 15 is 0 Å². The van der Waals surface area contributed by atoms with Gasteiger partial charge in [0.25, 0.3) is 0 Å². The van der Waals surface area contributed by atoms with Crippen LogP contribution in [-0.2, 0) is 0 Å². The summed E-state index contributed by atoms with van der Waals surface area (Å²) in [6.07, 6.45) is 7.62. The van der Waals surface area contributed by atoms with Gasteiger partial charge in [0.15, 0.2) is 0 Å². The first-order valence-corrected chi connectivity index (χ1v) is 8.25. The van der Waals surface area contributed by atoms with E-state index in [1.54, 1.807) is 0 Å². The molecule has 3 nitrogen and oxygen atoms in total. The second-order valence-corrected chi connectivity index (χ2v) is 6.41. The average molecular weight is 269 g/mol. The van der Waals surface area contributed by atoms with Crippen LogP contribution in [0, 0.1) is 0 Å². The van der Waals surface area contributed by atoms with Crippen molar-refractivity contribution in [3.8, 4) is 0 Å². The molecular formula is C16H35N3. The van der Waals surface area contributed by atoms with Gasteiger partial charge in [-0.25, -0.2) is 0 Å². The number of likely N-dealkylation sites (tertiary alicyclic amines) is 1. The predicted molar refractivity (Wildman–Crippen MR) is 84.5 cm³/mol. The number of nitrogens with zero attached hydrogens (tertiary/aromatic N) is 2. The van der Waals surface area contributed by atoms with Crippen LogP contribution < -0.4 is 5.73 Å². The van der Waals surface area contributed by atoms with Crippen LogP contribution >= 0.6 is 0 Å². The van der Waals surface area contributed by atoms with Crippen LogP contribution in [0.2, 0.25) is 0 Å². The number of piperidine rings is 1. The zero-order valence-corrected chi connectivity index (χ0v) is 13.6. The molecule has 1 fully saturated rings. The fourth-order valence-corrected chi connectivity index (χ4v) is 3.30. The van der Waals surface area contributed by atoms with Gasteiger partial charge in [0.2, 0.25) is 0 Å². The first-order valence-electron chi connectivity index (χ1n) is 8.25. The number of rotatable bonds is 8. The molecule has 3 heteroatoms. The van der Waals surface area contributed by atoms with Crippen molar-refractivity contribution >= 4 is 0 Å². The molecule has 0 aliphatic carbocycles. The lowest BCUT2D eigenvalue weighted by Gasteiger charge is -2.50. The minimum atomic E-state index is 0.260. The Bertz CT molecular complexity index is 236. The van der Waals surface area contributed by atoms with Gasteiger partial charge >= 0.3 is 0 Å². The van der Waals surface area contributed by atoms with Gasteiger partial charge in [-0.05, 0) is 59.3 Å². The highest BCUT2D eigenvalue weighted by Crippen LogP contribution is 2.31. The summed E-state index contributed by atoms with van der Waals surface area (Å²) in [4.78, 5) is 5.20. The molecule has 114 valence electrons. The van der Waals surface area contributed by atoms with E-state index < -0.39 is 0 Å². The molecule has 0 aromatic carbocycles. The summed E-state index contributed by atoms with van der Waals surface area (Å²) in [6.45, 7) is 11.4. The Hall–Kier alpha value is -0.120. The van der Waals surface area contributed by atoms with Gasteiger partial charge in [-0.3, -0.25) is 4.90 Å². The second-order valence-electron chi connectivity index (χ2n) is 6.41. The first kappa shape index (κ1) is 16.9. The number of hydrogen-bond donors (Lipinski definition) is 1. The molecule has 19 heavy (non-hydrogen) atoms. The summed E-state index contributed by atoms with van der Waals surface area (Å²) in [5.41, 5.74) is 6.49. The zero-order valence-electron chi connectivity index (χ0n) is 13.6. The lowest BCUT2D eigenvalue weighted by atomic mass is 9.81. The quantitative estimate of drug-likeness (QED) is 0.735. The summed E-state index contributed by atoms with van der Waals surface area (Å²) >= 11 is 0. The summed E-state index contributed by atoms with van der Waals surface area (Å²) in [6, 6.07) is 0.656. The molecule has 0 spiro atoms. The van der Waals surface area contributed by atoms with Crippen molar-refractivity contribution in [1.82, 2.24) is 9.80 Å². The highest BCUT2D eigenvalue weighted by atomic mass is 15.2. The minimum absolute atomic E-state index is 0.260. The van der Waals surface area contributed by atoms with Crippen LogP contribution in [0.4, 0.5) is 0 Å². The summed E-state index contributed by atoms with van der Waals surface area (Å²) in [5, 5.41) is 0. The molecule has 1 aliphatic rings. The van der Waals surface area contributed by atoms with E-state index in [2.05, 4.69) is 37.6 Å². The van der Waals surface area contributed by atoms with Crippen molar-refractivity contribution < 1.29 is 0 Å². The van der Waals surface area contributed by atoms with E-state index in [1.165, 1.54) is 58.2 Å². The molecule has 1 saturated heterocycles. The van der Waals surface area contributed by atoms with Gasteiger partial charge in [-0.2, -0.15) is 0 Å². The Balaban J connectivity index is 2.74. The standard InChI is InChI=1S/C16H35N3/c1-5-7-10-19(11-8-6-2)16(14-17)9-12-18(4)15(3)13-16/h15H,5-14,17H2,1-4H3. The number of unbranched alkanes of at least 4 members (excludes halogenated alkanes) is 2. The Morgan fingerprint density at radius 1 is 1.21 bits per heavy atom. The Kier molecular flexibility index (Phi) is 7.33. The highest BCUT2D eigenvalue weighted by molar-refractivity contribution is 4.98. The van der Waals surface area contributed by atoms with Crippen LogP contribution in [0.15, 0.2) is 0 Å². The third kappa shape index (κ3) is 4.44. The molecule has 1 heterocycles. The van der Waals surface area contributed by atoms with Crippen molar-refractivity contribution in [2.75, 3.05) is 33.2 Å². The third-order valence-electron chi connectivity index (χ3n) is 4.97. The van der Waals surface area contributed by atoms with Gasteiger partial charge in [0.05, 0.1) is 0 Å². The van der Waals surface area contributed by atoms with Crippen molar-refractivity contribution in [3.05, 3.63) is 0 Å². The SMILES string of the molecule is CCCCN(CCCC)C1(CN)CCN(C)C(C)C1. The van der Waals surface area contributed by atoms with Crippen molar-refractivity contribution in [3.63, 3.8) is 0 Å². The van der Waals surface area contributed by atoms with Crippen molar-refractivity contribution in [2.24, 2.45) is 5.73 Å². The van der Waals surface area contributed by atoms with E-state index in [9.17, 15) is 0 Å². The lowest BCUT2D eigenvalue weighted by molar-refractivity contribution is 0.00858. The Labute approximate surface area is 120 Å². The van der Waals surface area contributed by atoms with E-state index in [0.29, 0.717) is 6.04 Å². The first-order chi connectivity index (χ1) is 9.09. The maximum Gasteiger partial charge on any atom is 0.0358 e. The maximum absolute atomic E-state index is 6.23. The molecule has 0 bridgehead atoms. The fraction of sp³-hybridized carbons (Fsp3) is 1.00. The summed E-state index contributed by atoms with van der Waals surface area (Å²) < 4.78 is 0. The molecule has 0 saturated carbocycles. The largest absolute Gasteiger partial charge is 0.329 e. The third-order valence-corrected chi connectivity index (χ3v) is 4.97. The molecule has 2 unspecified atom stereocenters. The lowest BCUT2D eigenvalue weighted by Crippen LogP contribution is -2.61. The van der Waals surface area contributed by atoms with Crippen LogP contribution in [0.3, 0.4) is 0 Å². The van der Waals surface area contributed by atoms with Crippen LogP contribution in [0.5, 0.6) is 0 Å². The molecule has 0 aromatic rings. The monoisotopic (exact) mass is 269 g/mol. The molecular weight excluding hydrogens is 234 g/mol. The molecule has 2 atom stereocenters. The molecule has 1 aliphatic heterocycles. The van der Waals surface area contributed by atoms with E-state index in [-0.39, 0.29) is 5.54 Å². The fourth-order valence-electron chi connectivity index (χ4n) is 3.30. The van der Waals surface area contributed by atoms with Gasteiger partial charge in [-0.1, -0.05) is 26.7 Å². The number of nitrogens with two attached hydrogens (primary N) is 1. The molecule has 0 aromatic heterocycles. The summed E-state index contributed by atoms with van der Waals surface area (Å²) in [7, 11) is 2.24. The van der Waals surface area contributed by atoms with E-state index in [1.807, 2.05) is 0 Å². The van der Waals surface area contributed by atoms with Gasteiger partial charge < -0.3 is 10.6 Å². The van der Waals surface area contributed by atoms with Gasteiger partial charge in [0, 0.05) is 18.1 Å². The maximum atomic E-state index is 6.23. The van der Waals surface area contributed by atoms with Crippen LogP contribution in [0.1, 0.15) is 59.3 Å². The van der Waals surface area contributed by atoms with Gasteiger partial charge in [-0.15, -0.1) is 0 Å². The molecule has 0 amide bonds. The van der Waals surface area contributed by atoms with Crippen LogP contribution in [-0.4, -0.2) is 54.6 Å². The topological polar surface area (TPSA) is 32.5 Å². The van der Waals surface area contributed by atoms with E-state index in [4.69, 9.17) is 5.73 Å². The molecule has 1 rings (SSSR count). The molecule has 2 N–H and O–H groups in total. The number of hydrogen-bond acceptors (Lipinski definition) is 3. The zero-order chi connectivity index (χ0) is 14.3. The van der Waals surface area contributed by atoms with Crippen LogP contribution in [0.25, 0.3) is 0 Å². The van der Waals surface area contributed by atoms with Crippen molar-refractivity contribution in [1.29, 1.82) is 0 Å². The van der Waals surface area contributed by atoms with Gasteiger partial charge in [0.1, 0.15) is 0 Å². The Morgan fingerprint density at radius 3 is 2.21 bits per heavy atom. The van der Waals surface area contributed by atoms with Crippen molar-refractivity contribution in [2.45, 2.75) is 70.9 Å².